The van der Waals surface area contributed by atoms with Gasteiger partial charge in [0.25, 0.3) is 11.6 Å². The summed E-state index contributed by atoms with van der Waals surface area (Å²) >= 11 is 0. The van der Waals surface area contributed by atoms with Crippen LogP contribution in [0.1, 0.15) is 42.3 Å². The lowest BCUT2D eigenvalue weighted by Crippen LogP contribution is -2.48. The van der Waals surface area contributed by atoms with Gasteiger partial charge in [0.15, 0.2) is 23.8 Å². The van der Waals surface area contributed by atoms with Crippen LogP contribution < -0.4 is 25.9 Å². The maximum absolute atomic E-state index is 14.0. The number of hydrogen-bond donors (Lipinski definition) is 3. The van der Waals surface area contributed by atoms with Gasteiger partial charge in [-0.2, -0.15) is 5.10 Å². The van der Waals surface area contributed by atoms with Crippen LogP contribution in [-0.2, 0) is 14.4 Å². The lowest BCUT2D eigenvalue weighted by Gasteiger charge is -2.24. The molecule has 362 valence electrons. The van der Waals surface area contributed by atoms with Crippen molar-refractivity contribution < 1.29 is 37.4 Å². The van der Waals surface area contributed by atoms with E-state index in [4.69, 9.17) is 20.4 Å². The van der Waals surface area contributed by atoms with Crippen LogP contribution in [0.5, 0.6) is 17.2 Å². The van der Waals surface area contributed by atoms with E-state index < -0.39 is 54.2 Å². The molecule has 3 aromatic carbocycles. The van der Waals surface area contributed by atoms with Crippen LogP contribution in [0.15, 0.2) is 124 Å². The van der Waals surface area contributed by atoms with Crippen molar-refractivity contribution in [2.24, 2.45) is 26.3 Å². The minimum absolute atomic E-state index is 0.0166. The molecule has 0 saturated carbocycles. The zero-order chi connectivity index (χ0) is 50.2. The zero-order valence-electron chi connectivity index (χ0n) is 38.0. The molecule has 2 aliphatic heterocycles. The molecule has 1 saturated heterocycles. The van der Waals surface area contributed by atoms with E-state index in [1.54, 1.807) is 67.1 Å². The van der Waals surface area contributed by atoms with Gasteiger partial charge < -0.3 is 35.3 Å². The number of aliphatic imine (C=N–C) groups is 1. The fourth-order valence-electron chi connectivity index (χ4n) is 8.30. The Morgan fingerprint density at radius 2 is 1.76 bits per heavy atom. The molecule has 25 heteroatoms. The molecule has 0 bridgehead atoms. The minimum atomic E-state index is -2.71. The van der Waals surface area contributed by atoms with Crippen LogP contribution in [-0.4, -0.2) is 97.2 Å². The molecular formula is C46H43BF2N14O8. The predicted molar refractivity (Wildman–Crippen MR) is 256 cm³/mol. The number of nitro benzene ring substituents is 1. The average Bonchev–Trinajstić information content (AvgIpc) is 4.17. The summed E-state index contributed by atoms with van der Waals surface area (Å²) < 4.78 is 41.5. The van der Waals surface area contributed by atoms with Gasteiger partial charge in [0.05, 0.1) is 22.0 Å². The number of ether oxygens (including phenoxy) is 2. The Hall–Kier alpha value is -9.03. The van der Waals surface area contributed by atoms with Crippen LogP contribution in [0.2, 0.25) is 0 Å². The monoisotopic (exact) mass is 968 g/mol. The molecule has 6 aromatic rings. The van der Waals surface area contributed by atoms with Gasteiger partial charge in [-0.05, 0) is 97.8 Å². The van der Waals surface area contributed by atoms with Gasteiger partial charge in [0.2, 0.25) is 11.8 Å². The van der Waals surface area contributed by atoms with Gasteiger partial charge in [0.1, 0.15) is 35.3 Å². The van der Waals surface area contributed by atoms with E-state index in [2.05, 4.69) is 41.1 Å². The van der Waals surface area contributed by atoms with Crippen molar-refractivity contribution in [3.8, 4) is 28.5 Å². The number of likely N-dealkylation sites (tertiary alicyclic amines) is 1. The maximum Gasteiger partial charge on any atom is 0.677 e. The molecule has 4 N–H and O–H groups in total. The van der Waals surface area contributed by atoms with E-state index >= 15 is 0 Å². The number of nitrogens with one attached hydrogen (secondary N) is 2. The molecule has 2 unspecified atom stereocenters. The lowest BCUT2D eigenvalue weighted by atomic mass is 10.1. The number of fused-ring (bicyclic) bond motifs is 1. The number of hydrogen-bond acceptors (Lipinski definition) is 15. The van der Waals surface area contributed by atoms with Crippen molar-refractivity contribution in [1.82, 2.24) is 39.8 Å². The summed E-state index contributed by atoms with van der Waals surface area (Å²) in [6.45, 7) is 2.60. The Morgan fingerprint density at radius 3 is 2.49 bits per heavy atom. The highest BCUT2D eigenvalue weighted by atomic mass is 19.2. The second kappa shape index (κ2) is 21.5. The highest BCUT2D eigenvalue weighted by Crippen LogP contribution is 2.39. The zero-order valence-corrected chi connectivity index (χ0v) is 38.0. The van der Waals surface area contributed by atoms with Gasteiger partial charge in [-0.25, -0.2) is 14.6 Å². The third-order valence-corrected chi connectivity index (χ3v) is 11.6. The number of allylic oxidation sites excluding steroid dienone is 2. The van der Waals surface area contributed by atoms with Gasteiger partial charge in [-0.3, -0.25) is 38.1 Å². The lowest BCUT2D eigenvalue weighted by molar-refractivity contribution is -0.384. The minimum Gasteiger partial charge on any atom is -0.481 e. The number of aromatic nitrogens is 5. The van der Waals surface area contributed by atoms with Crippen molar-refractivity contribution in [3.63, 3.8) is 0 Å². The summed E-state index contributed by atoms with van der Waals surface area (Å²) in [4.78, 5) is 77.7. The molecule has 0 radical (unpaired) electrons. The Labute approximate surface area is 402 Å². The number of nitrogens with two attached hydrogens (primary N) is 1. The molecule has 2 aliphatic rings. The predicted octanol–water partition coefficient (Wildman–Crippen LogP) is 7.02. The van der Waals surface area contributed by atoms with E-state index in [9.17, 15) is 38.0 Å². The number of halogens is 2. The second-order valence-corrected chi connectivity index (χ2v) is 16.2. The number of nitrogens with zero attached hydrogens (tertiary/aromatic N) is 11. The first-order chi connectivity index (χ1) is 34.3. The Morgan fingerprint density at radius 1 is 1.00 bits per heavy atom. The van der Waals surface area contributed by atoms with Crippen LogP contribution in [0.25, 0.3) is 28.4 Å². The molecule has 0 spiro atoms. The first kappa shape index (κ1) is 48.4. The van der Waals surface area contributed by atoms with E-state index in [0.29, 0.717) is 62.1 Å². The molecule has 0 aliphatic carbocycles. The number of carbonyl (C=O) groups is 3. The number of aryl methyl sites for hydroxylation is 2. The standard InChI is InChI=1S/C46H43BF2N14O8/c1-27-20-28(2)61(47(48)49)37(27)21-31-11-10-30(55-31)12-17-40(64)51-18-19-52-46(66)38-23-33(24-60(38)41(65)25-70-39-16-13-32(63(68)69)22-36(39)58-67)62-45-42(44(56-59-50)53-26-54-45)43(57-62)29-8-14-35(15-9-29)71-34-6-4-3-5-7-34/h3-11,13-16,20-22,26,33,38H,12,17-19,23-25H2,1-2H3,(H,51,64)(H,52,66)(H2,50,53,54,56)/b31-21-. The van der Waals surface area contributed by atoms with Gasteiger partial charge >= 0.3 is 7.40 Å². The number of rotatable bonds is 19. The van der Waals surface area contributed by atoms with Crippen LogP contribution in [0.4, 0.5) is 25.8 Å². The number of non-ortho nitro benzene ring substituents is 1. The van der Waals surface area contributed by atoms with Gasteiger partial charge in [0, 0.05) is 67.3 Å². The summed E-state index contributed by atoms with van der Waals surface area (Å²) in [5.74, 6) is 5.02. The Kier molecular flexibility index (Phi) is 14.7. The first-order valence-electron chi connectivity index (χ1n) is 22.0. The van der Waals surface area contributed by atoms with Crippen molar-refractivity contribution in [1.29, 1.82) is 0 Å². The fraction of sp³-hybridized carbons (Fsp3) is 0.239. The second-order valence-electron chi connectivity index (χ2n) is 16.2. The number of amides is 3. The molecule has 22 nitrogen and oxygen atoms in total. The normalized spacial score (nSPS) is 15.9. The largest absolute Gasteiger partial charge is 0.677 e. The van der Waals surface area contributed by atoms with Crippen molar-refractivity contribution >= 4 is 65.1 Å². The molecule has 5 heterocycles. The number of benzene rings is 3. The summed E-state index contributed by atoms with van der Waals surface area (Å²) in [6, 6.07) is 19.3. The van der Waals surface area contributed by atoms with Crippen LogP contribution in [0, 0.1) is 28.9 Å². The molecular weight excluding hydrogens is 925 g/mol. The quantitative estimate of drug-likeness (QED) is 0.0140. The maximum atomic E-state index is 14.0. The van der Waals surface area contributed by atoms with Crippen molar-refractivity contribution in [2.75, 3.05) is 26.2 Å². The topological polar surface area (TPSA) is 281 Å². The summed E-state index contributed by atoms with van der Waals surface area (Å²) in [5.41, 5.74) is 3.02. The molecule has 71 heavy (non-hydrogen) atoms. The third-order valence-electron chi connectivity index (χ3n) is 11.6. The number of carbonyl (C=O) groups excluding carboxylic acids is 3. The average molecular weight is 969 g/mol. The number of nitroso groups, excluding NO2 is 1. The van der Waals surface area contributed by atoms with Crippen molar-refractivity contribution in [2.45, 2.75) is 45.2 Å². The highest BCUT2D eigenvalue weighted by molar-refractivity contribution is 6.41. The Balaban J connectivity index is 0.970. The molecule has 2 atom stereocenters. The number of nitro groups is 1. The van der Waals surface area contributed by atoms with Crippen LogP contribution in [0.3, 0.4) is 0 Å². The van der Waals surface area contributed by atoms with Gasteiger partial charge in [-0.1, -0.05) is 23.4 Å². The molecule has 1 fully saturated rings. The number of para-hydroxylation sites is 1. The summed E-state index contributed by atoms with van der Waals surface area (Å²) in [5, 5.41) is 32.4. The molecule has 3 aromatic heterocycles. The SMILES string of the molecule is Cc1cc(C)n(B(F)F)c1/C=C1/C=CC(CCC(=O)NCCNC(=O)C2CC(n3nc(-c4ccc(Oc5ccccc5)cc4)c4c(N=NN)ncnc43)CN2C(=O)COc2ccc([N+](=O)[O-])cc2N=O)=N1. The fourth-order valence-corrected chi connectivity index (χ4v) is 8.30. The van der Waals surface area contributed by atoms with Crippen LogP contribution >= 0.6 is 0 Å². The van der Waals surface area contributed by atoms with E-state index in [-0.39, 0.29) is 56.4 Å². The molecule has 3 amide bonds. The summed E-state index contributed by atoms with van der Waals surface area (Å²) in [6.07, 6.45) is 6.60. The van der Waals surface area contributed by atoms with Crippen molar-refractivity contribution in [3.05, 3.63) is 135 Å². The molecule has 8 rings (SSSR count). The smallest absolute Gasteiger partial charge is 0.481 e. The third kappa shape index (κ3) is 11.0. The van der Waals surface area contributed by atoms with E-state index in [1.807, 2.05) is 30.3 Å². The summed E-state index contributed by atoms with van der Waals surface area (Å²) in [7, 11) is -2.71. The first-order valence-corrected chi connectivity index (χ1v) is 22.0. The van der Waals surface area contributed by atoms with Gasteiger partial charge in [-0.15, -0.1) is 10.0 Å². The Bertz CT molecular complexity index is 3140. The highest BCUT2D eigenvalue weighted by Gasteiger charge is 2.42. The van der Waals surface area contributed by atoms with E-state index in [1.165, 1.54) is 11.2 Å². The van der Waals surface area contributed by atoms with E-state index in [0.717, 1.165) is 22.7 Å².